The van der Waals surface area contributed by atoms with E-state index >= 15 is 0 Å². The molecule has 0 aromatic carbocycles. The van der Waals surface area contributed by atoms with Gasteiger partial charge in [-0.25, -0.2) is 4.79 Å². The number of carbonyl (C=O) groups excluding carboxylic acids is 2. The Labute approximate surface area is 107 Å². The molecule has 0 bridgehead atoms. The van der Waals surface area contributed by atoms with Gasteiger partial charge < -0.3 is 14.1 Å². The SMILES string of the molecule is C[C@@H](C(=O)c1ccco1)N(C)C(=O)OC(C)(C)C. The van der Waals surface area contributed by atoms with Crippen molar-refractivity contribution in [1.29, 1.82) is 0 Å². The Morgan fingerprint density at radius 2 is 2.00 bits per heavy atom. The summed E-state index contributed by atoms with van der Waals surface area (Å²) < 4.78 is 10.2. The Kier molecular flexibility index (Phi) is 4.16. The summed E-state index contributed by atoms with van der Waals surface area (Å²) in [5.74, 6) is -0.0220. The van der Waals surface area contributed by atoms with Gasteiger partial charge in [-0.15, -0.1) is 0 Å². The number of ketones is 1. The van der Waals surface area contributed by atoms with Crippen LogP contribution in [0.5, 0.6) is 0 Å². The molecular formula is C13H19NO4. The highest BCUT2D eigenvalue weighted by molar-refractivity contribution is 5.98. The highest BCUT2D eigenvalue weighted by Gasteiger charge is 2.28. The van der Waals surface area contributed by atoms with Crippen LogP contribution in [-0.2, 0) is 4.74 Å². The van der Waals surface area contributed by atoms with Crippen molar-refractivity contribution in [3.63, 3.8) is 0 Å². The van der Waals surface area contributed by atoms with Crippen LogP contribution >= 0.6 is 0 Å². The monoisotopic (exact) mass is 253 g/mol. The van der Waals surface area contributed by atoms with E-state index < -0.39 is 17.7 Å². The molecule has 0 spiro atoms. The summed E-state index contributed by atoms with van der Waals surface area (Å²) in [5, 5.41) is 0. The van der Waals surface area contributed by atoms with Gasteiger partial charge in [0.05, 0.1) is 12.3 Å². The first-order chi connectivity index (χ1) is 8.22. The predicted molar refractivity (Wildman–Crippen MR) is 66.5 cm³/mol. The van der Waals surface area contributed by atoms with E-state index in [4.69, 9.17) is 9.15 Å². The Morgan fingerprint density at radius 1 is 1.39 bits per heavy atom. The Balaban J connectivity index is 2.69. The van der Waals surface area contributed by atoms with E-state index in [-0.39, 0.29) is 11.5 Å². The number of furan rings is 1. The topological polar surface area (TPSA) is 59.8 Å². The zero-order valence-corrected chi connectivity index (χ0v) is 11.4. The molecule has 0 unspecified atom stereocenters. The molecule has 1 aromatic heterocycles. The molecule has 0 N–H and O–H groups in total. The number of hydrogen-bond donors (Lipinski definition) is 0. The van der Waals surface area contributed by atoms with Gasteiger partial charge >= 0.3 is 6.09 Å². The van der Waals surface area contributed by atoms with Gasteiger partial charge in [0, 0.05) is 7.05 Å². The lowest BCUT2D eigenvalue weighted by Gasteiger charge is -2.27. The molecule has 1 atom stereocenters. The average molecular weight is 253 g/mol. The predicted octanol–water partition coefficient (Wildman–Crippen LogP) is 2.72. The van der Waals surface area contributed by atoms with Crippen molar-refractivity contribution < 1.29 is 18.7 Å². The molecule has 1 aromatic rings. The molecule has 5 heteroatoms. The zero-order chi connectivity index (χ0) is 13.9. The summed E-state index contributed by atoms with van der Waals surface area (Å²) in [5.41, 5.74) is -0.585. The van der Waals surface area contributed by atoms with Crippen LogP contribution in [0.25, 0.3) is 0 Å². The summed E-state index contributed by atoms with van der Waals surface area (Å²) in [4.78, 5) is 25.0. The molecule has 0 aliphatic heterocycles. The number of rotatable bonds is 3. The van der Waals surface area contributed by atoms with Gasteiger partial charge in [-0.3, -0.25) is 4.79 Å². The van der Waals surface area contributed by atoms with Crippen LogP contribution in [0.2, 0.25) is 0 Å². The largest absolute Gasteiger partial charge is 0.461 e. The third kappa shape index (κ3) is 3.61. The Bertz CT molecular complexity index is 417. The molecule has 1 rings (SSSR count). The fourth-order valence-electron chi connectivity index (χ4n) is 1.29. The van der Waals surface area contributed by atoms with Crippen LogP contribution in [0, 0.1) is 0 Å². The quantitative estimate of drug-likeness (QED) is 0.777. The van der Waals surface area contributed by atoms with E-state index in [1.165, 1.54) is 18.2 Å². The highest BCUT2D eigenvalue weighted by atomic mass is 16.6. The minimum Gasteiger partial charge on any atom is -0.461 e. The van der Waals surface area contributed by atoms with Crippen LogP contribution in [0.4, 0.5) is 4.79 Å². The lowest BCUT2D eigenvalue weighted by atomic mass is 10.1. The minimum absolute atomic E-state index is 0.234. The van der Waals surface area contributed by atoms with Crippen LogP contribution in [0.3, 0.4) is 0 Å². The number of hydrogen-bond acceptors (Lipinski definition) is 4. The normalized spacial score (nSPS) is 12.9. The maximum absolute atomic E-state index is 12.0. The Morgan fingerprint density at radius 3 is 2.44 bits per heavy atom. The summed E-state index contributed by atoms with van der Waals surface area (Å²) >= 11 is 0. The van der Waals surface area contributed by atoms with E-state index in [1.54, 1.807) is 39.8 Å². The summed E-state index contributed by atoms with van der Waals surface area (Å²) in [7, 11) is 1.53. The number of Topliss-reactive ketones (excluding diaryl/α,β-unsaturated/α-hetero) is 1. The first-order valence-electron chi connectivity index (χ1n) is 5.76. The van der Waals surface area contributed by atoms with E-state index in [9.17, 15) is 9.59 Å². The summed E-state index contributed by atoms with van der Waals surface area (Å²) in [6.45, 7) is 6.96. The zero-order valence-electron chi connectivity index (χ0n) is 11.4. The standard InChI is InChI=1S/C13H19NO4/c1-9(11(15)10-7-6-8-17-10)14(5)12(16)18-13(2,3)4/h6-9H,1-5H3/t9-/m0/s1. The summed E-state index contributed by atoms with van der Waals surface area (Å²) in [6.07, 6.45) is 0.892. The molecule has 0 aliphatic carbocycles. The first kappa shape index (κ1) is 14.3. The molecule has 0 saturated heterocycles. The van der Waals surface area contributed by atoms with Crippen molar-refractivity contribution in [3.05, 3.63) is 24.2 Å². The van der Waals surface area contributed by atoms with Crippen molar-refractivity contribution in [1.82, 2.24) is 4.90 Å². The molecule has 1 heterocycles. The second kappa shape index (κ2) is 5.25. The van der Waals surface area contributed by atoms with Crippen LogP contribution in [-0.4, -0.2) is 35.5 Å². The molecule has 5 nitrogen and oxygen atoms in total. The number of nitrogens with zero attached hydrogens (tertiary/aromatic N) is 1. The van der Waals surface area contributed by atoms with E-state index in [2.05, 4.69) is 0 Å². The molecule has 0 radical (unpaired) electrons. The second-order valence-corrected chi connectivity index (χ2v) is 5.11. The van der Waals surface area contributed by atoms with Gasteiger partial charge in [0.1, 0.15) is 5.60 Å². The van der Waals surface area contributed by atoms with Crippen LogP contribution in [0.15, 0.2) is 22.8 Å². The van der Waals surface area contributed by atoms with Crippen molar-refractivity contribution in [2.75, 3.05) is 7.05 Å². The average Bonchev–Trinajstić information content (AvgIpc) is 2.77. The third-order valence-corrected chi connectivity index (χ3v) is 2.41. The molecule has 100 valence electrons. The Hall–Kier alpha value is -1.78. The molecule has 1 amide bonds. The maximum Gasteiger partial charge on any atom is 0.410 e. The molecule has 0 fully saturated rings. The fourth-order valence-corrected chi connectivity index (χ4v) is 1.29. The van der Waals surface area contributed by atoms with Gasteiger partial charge in [0.15, 0.2) is 5.76 Å². The van der Waals surface area contributed by atoms with Gasteiger partial charge in [-0.05, 0) is 39.8 Å². The van der Waals surface area contributed by atoms with E-state index in [0.717, 1.165) is 0 Å². The minimum atomic E-state index is -0.633. The first-order valence-corrected chi connectivity index (χ1v) is 5.76. The molecule has 0 aliphatic rings. The smallest absolute Gasteiger partial charge is 0.410 e. The lowest BCUT2D eigenvalue weighted by Crippen LogP contribution is -2.43. The van der Waals surface area contributed by atoms with E-state index in [0.29, 0.717) is 0 Å². The van der Waals surface area contributed by atoms with E-state index in [1.807, 2.05) is 0 Å². The molecule has 0 saturated carbocycles. The number of carbonyl (C=O) groups is 2. The van der Waals surface area contributed by atoms with Crippen molar-refractivity contribution in [2.24, 2.45) is 0 Å². The van der Waals surface area contributed by atoms with Crippen molar-refractivity contribution in [3.8, 4) is 0 Å². The fraction of sp³-hybridized carbons (Fsp3) is 0.538. The van der Waals surface area contributed by atoms with Gasteiger partial charge in [0.2, 0.25) is 5.78 Å². The number of ether oxygens (including phenoxy) is 1. The summed E-state index contributed by atoms with van der Waals surface area (Å²) in [6, 6.07) is 2.57. The van der Waals surface area contributed by atoms with Crippen molar-refractivity contribution >= 4 is 11.9 Å². The number of amides is 1. The lowest BCUT2D eigenvalue weighted by molar-refractivity contribution is 0.0228. The van der Waals surface area contributed by atoms with Gasteiger partial charge in [-0.1, -0.05) is 0 Å². The highest BCUT2D eigenvalue weighted by Crippen LogP contribution is 2.13. The second-order valence-electron chi connectivity index (χ2n) is 5.11. The molecular weight excluding hydrogens is 234 g/mol. The third-order valence-electron chi connectivity index (χ3n) is 2.41. The van der Waals surface area contributed by atoms with Crippen molar-refractivity contribution in [2.45, 2.75) is 39.3 Å². The van der Waals surface area contributed by atoms with Gasteiger partial charge in [0.25, 0.3) is 0 Å². The maximum atomic E-state index is 12.0. The molecule has 18 heavy (non-hydrogen) atoms. The van der Waals surface area contributed by atoms with Crippen LogP contribution < -0.4 is 0 Å². The van der Waals surface area contributed by atoms with Crippen LogP contribution in [0.1, 0.15) is 38.2 Å². The number of likely N-dealkylation sites (N-methyl/N-ethyl adjacent to an activating group) is 1. The van der Waals surface area contributed by atoms with Gasteiger partial charge in [-0.2, -0.15) is 0 Å².